The van der Waals surface area contributed by atoms with Crippen LogP contribution in [-0.4, -0.2) is 36.6 Å². The summed E-state index contributed by atoms with van der Waals surface area (Å²) >= 11 is 4.88. The van der Waals surface area contributed by atoms with E-state index in [0.717, 1.165) is 41.2 Å². The average Bonchev–Trinajstić information content (AvgIpc) is 2.76. The fourth-order valence-electron chi connectivity index (χ4n) is 2.05. The topological polar surface area (TPSA) is 29.5 Å². The molecule has 0 bridgehead atoms. The second-order valence-corrected chi connectivity index (χ2v) is 6.51. The number of likely N-dealkylation sites (tertiary alicyclic amines) is 1. The van der Waals surface area contributed by atoms with Gasteiger partial charge in [-0.15, -0.1) is 11.3 Å². The van der Waals surface area contributed by atoms with Crippen LogP contribution >= 0.6 is 27.3 Å². The highest BCUT2D eigenvalue weighted by atomic mass is 79.9. The summed E-state index contributed by atoms with van der Waals surface area (Å²) in [4.78, 5) is 14.9. The Morgan fingerprint density at radius 1 is 1.53 bits per heavy atom. The molecular formula is C12H16BrNO2S. The Morgan fingerprint density at radius 3 is 2.76 bits per heavy atom. The van der Waals surface area contributed by atoms with Crippen LogP contribution in [0.3, 0.4) is 0 Å². The number of hydrogen-bond acceptors (Lipinski definition) is 3. The van der Waals surface area contributed by atoms with Gasteiger partial charge in [-0.2, -0.15) is 0 Å². The lowest BCUT2D eigenvalue weighted by Gasteiger charge is -2.31. The summed E-state index contributed by atoms with van der Waals surface area (Å²) in [5.74, 6) is 0.149. The van der Waals surface area contributed by atoms with E-state index in [1.807, 2.05) is 24.0 Å². The minimum absolute atomic E-state index is 0.149. The average molecular weight is 318 g/mol. The molecule has 1 aliphatic rings. The maximum Gasteiger partial charge on any atom is 0.263 e. The Balaban J connectivity index is 1.90. The molecule has 0 radical (unpaired) electrons. The lowest BCUT2D eigenvalue weighted by molar-refractivity contribution is 0.0147. The lowest BCUT2D eigenvalue weighted by atomic mass is 10.1. The van der Waals surface area contributed by atoms with Gasteiger partial charge in [0.25, 0.3) is 5.91 Å². The van der Waals surface area contributed by atoms with Crippen LogP contribution in [0.5, 0.6) is 0 Å². The first-order chi connectivity index (χ1) is 8.20. The van der Waals surface area contributed by atoms with Gasteiger partial charge in [-0.3, -0.25) is 4.79 Å². The SMILES string of the molecule is CCOC1CCN(C(=O)c2ccc(Br)s2)CC1. The third-order valence-electron chi connectivity index (χ3n) is 2.92. The Hall–Kier alpha value is -0.390. The van der Waals surface area contributed by atoms with E-state index >= 15 is 0 Å². The lowest BCUT2D eigenvalue weighted by Crippen LogP contribution is -2.40. The highest BCUT2D eigenvalue weighted by molar-refractivity contribution is 9.11. The van der Waals surface area contributed by atoms with E-state index in [4.69, 9.17) is 4.74 Å². The first-order valence-electron chi connectivity index (χ1n) is 5.87. The summed E-state index contributed by atoms with van der Waals surface area (Å²) in [5.41, 5.74) is 0. The van der Waals surface area contributed by atoms with E-state index in [0.29, 0.717) is 6.10 Å². The maximum absolute atomic E-state index is 12.2. The van der Waals surface area contributed by atoms with Crippen molar-refractivity contribution in [3.8, 4) is 0 Å². The standard InChI is InChI=1S/C12H16BrNO2S/c1-2-16-9-5-7-14(8-6-9)12(15)10-3-4-11(13)17-10/h3-4,9H,2,5-8H2,1H3. The Morgan fingerprint density at radius 2 is 2.24 bits per heavy atom. The van der Waals surface area contributed by atoms with Crippen molar-refractivity contribution in [2.24, 2.45) is 0 Å². The molecule has 0 aliphatic carbocycles. The van der Waals surface area contributed by atoms with Crippen LogP contribution in [0.25, 0.3) is 0 Å². The van der Waals surface area contributed by atoms with Crippen molar-refractivity contribution in [3.05, 3.63) is 20.8 Å². The summed E-state index contributed by atoms with van der Waals surface area (Å²) in [5, 5.41) is 0. The van der Waals surface area contributed by atoms with Gasteiger partial charge in [-0.25, -0.2) is 0 Å². The quantitative estimate of drug-likeness (QED) is 0.857. The number of rotatable bonds is 3. The molecule has 0 aromatic carbocycles. The fourth-order valence-corrected chi connectivity index (χ4v) is 3.40. The Kier molecular flexibility index (Phi) is 4.59. The third kappa shape index (κ3) is 3.30. The van der Waals surface area contributed by atoms with Crippen LogP contribution < -0.4 is 0 Å². The van der Waals surface area contributed by atoms with E-state index in [9.17, 15) is 4.79 Å². The zero-order valence-electron chi connectivity index (χ0n) is 9.82. The normalized spacial score (nSPS) is 17.4. The third-order valence-corrected chi connectivity index (χ3v) is 4.53. The van der Waals surface area contributed by atoms with E-state index in [2.05, 4.69) is 15.9 Å². The monoisotopic (exact) mass is 317 g/mol. The highest BCUT2D eigenvalue weighted by Crippen LogP contribution is 2.24. The number of hydrogen-bond donors (Lipinski definition) is 0. The molecule has 1 aromatic heterocycles. The van der Waals surface area contributed by atoms with E-state index < -0.39 is 0 Å². The Labute approximate surface area is 114 Å². The molecule has 1 saturated heterocycles. The maximum atomic E-state index is 12.2. The van der Waals surface area contributed by atoms with Gasteiger partial charge in [-0.1, -0.05) is 0 Å². The molecule has 1 amide bonds. The molecule has 1 aromatic rings. The molecule has 5 heteroatoms. The van der Waals surface area contributed by atoms with Crippen LogP contribution in [0.4, 0.5) is 0 Å². The number of halogens is 1. The van der Waals surface area contributed by atoms with Crippen LogP contribution in [0, 0.1) is 0 Å². The molecule has 0 atom stereocenters. The molecule has 94 valence electrons. The van der Waals surface area contributed by atoms with Crippen LogP contribution in [0.15, 0.2) is 15.9 Å². The number of piperidine rings is 1. The minimum Gasteiger partial charge on any atom is -0.378 e. The molecule has 0 spiro atoms. The largest absolute Gasteiger partial charge is 0.378 e. The molecule has 0 unspecified atom stereocenters. The first kappa shape index (κ1) is 13.1. The van der Waals surface area contributed by atoms with Gasteiger partial charge in [0.15, 0.2) is 0 Å². The molecule has 17 heavy (non-hydrogen) atoms. The molecule has 1 fully saturated rings. The highest BCUT2D eigenvalue weighted by Gasteiger charge is 2.24. The van der Waals surface area contributed by atoms with Crippen molar-refractivity contribution in [2.75, 3.05) is 19.7 Å². The molecule has 2 heterocycles. The van der Waals surface area contributed by atoms with Gasteiger partial charge < -0.3 is 9.64 Å². The van der Waals surface area contributed by atoms with E-state index in [1.165, 1.54) is 11.3 Å². The number of ether oxygens (including phenoxy) is 1. The fraction of sp³-hybridized carbons (Fsp3) is 0.583. The van der Waals surface area contributed by atoms with Crippen molar-refractivity contribution in [1.82, 2.24) is 4.90 Å². The zero-order chi connectivity index (χ0) is 12.3. The van der Waals surface area contributed by atoms with E-state index in [1.54, 1.807) is 0 Å². The smallest absolute Gasteiger partial charge is 0.263 e. The molecule has 0 N–H and O–H groups in total. The predicted octanol–water partition coefficient (Wildman–Crippen LogP) is 3.15. The van der Waals surface area contributed by atoms with E-state index in [-0.39, 0.29) is 5.91 Å². The molecule has 1 aliphatic heterocycles. The number of amides is 1. The number of thiophene rings is 1. The summed E-state index contributed by atoms with van der Waals surface area (Å²) in [7, 11) is 0. The molecule has 3 nitrogen and oxygen atoms in total. The summed E-state index contributed by atoms with van der Waals surface area (Å²) in [6.07, 6.45) is 2.23. The van der Waals surface area contributed by atoms with Gasteiger partial charge in [-0.05, 0) is 47.8 Å². The first-order valence-corrected chi connectivity index (χ1v) is 7.48. The molecule has 2 rings (SSSR count). The second-order valence-electron chi connectivity index (χ2n) is 4.05. The molecular weight excluding hydrogens is 302 g/mol. The van der Waals surface area contributed by atoms with Crippen molar-refractivity contribution >= 4 is 33.2 Å². The number of carbonyl (C=O) groups excluding carboxylic acids is 1. The van der Waals surface area contributed by atoms with Crippen molar-refractivity contribution in [1.29, 1.82) is 0 Å². The van der Waals surface area contributed by atoms with Gasteiger partial charge in [0, 0.05) is 19.7 Å². The van der Waals surface area contributed by atoms with Crippen LogP contribution in [0.2, 0.25) is 0 Å². The Bertz CT molecular complexity index is 386. The summed E-state index contributed by atoms with van der Waals surface area (Å²) in [6, 6.07) is 3.80. The summed E-state index contributed by atoms with van der Waals surface area (Å²) in [6.45, 7) is 4.38. The predicted molar refractivity (Wildman–Crippen MR) is 72.6 cm³/mol. The van der Waals surface area contributed by atoms with Crippen molar-refractivity contribution in [3.63, 3.8) is 0 Å². The number of nitrogens with zero attached hydrogens (tertiary/aromatic N) is 1. The van der Waals surface area contributed by atoms with Gasteiger partial charge in [0.05, 0.1) is 14.8 Å². The summed E-state index contributed by atoms with van der Waals surface area (Å²) < 4.78 is 6.58. The van der Waals surface area contributed by atoms with Crippen molar-refractivity contribution < 1.29 is 9.53 Å². The zero-order valence-corrected chi connectivity index (χ0v) is 12.2. The van der Waals surface area contributed by atoms with Crippen molar-refractivity contribution in [2.45, 2.75) is 25.9 Å². The second kappa shape index (κ2) is 5.98. The molecule has 0 saturated carbocycles. The van der Waals surface area contributed by atoms with Gasteiger partial charge in [0.1, 0.15) is 0 Å². The van der Waals surface area contributed by atoms with Crippen LogP contribution in [0.1, 0.15) is 29.4 Å². The van der Waals surface area contributed by atoms with Gasteiger partial charge in [0.2, 0.25) is 0 Å². The van der Waals surface area contributed by atoms with Crippen LogP contribution in [-0.2, 0) is 4.74 Å². The van der Waals surface area contributed by atoms with Gasteiger partial charge >= 0.3 is 0 Å². The number of carbonyl (C=O) groups is 1. The minimum atomic E-state index is 0.149.